The number of hydrogen-bond donors (Lipinski definition) is 0. The third kappa shape index (κ3) is 2.35. The molecule has 1 aromatic rings. The van der Waals surface area contributed by atoms with E-state index in [4.69, 9.17) is 0 Å². The van der Waals surface area contributed by atoms with Gasteiger partial charge in [0.1, 0.15) is 6.54 Å². The second-order valence-corrected chi connectivity index (χ2v) is 4.88. The van der Waals surface area contributed by atoms with Crippen LogP contribution < -0.4 is 5.56 Å². The fraction of sp³-hybridized carbons (Fsp3) is 0.455. The molecule has 1 fully saturated rings. The molecule has 0 N–H and O–H groups in total. The summed E-state index contributed by atoms with van der Waals surface area (Å²) in [7, 11) is 1.79. The van der Waals surface area contributed by atoms with Gasteiger partial charge in [0, 0.05) is 19.3 Å². The Kier molecular flexibility index (Phi) is 3.14. The highest BCUT2D eigenvalue weighted by Crippen LogP contribution is 2.25. The van der Waals surface area contributed by atoms with Crippen LogP contribution in [0, 0.1) is 0 Å². The first-order valence-corrected chi connectivity index (χ1v) is 5.99. The van der Waals surface area contributed by atoms with Crippen LogP contribution in [0.5, 0.6) is 0 Å². The van der Waals surface area contributed by atoms with Crippen LogP contribution in [-0.4, -0.2) is 28.5 Å². The first kappa shape index (κ1) is 11.4. The van der Waals surface area contributed by atoms with Crippen LogP contribution in [0.15, 0.2) is 27.6 Å². The van der Waals surface area contributed by atoms with Crippen molar-refractivity contribution in [3.05, 3.63) is 33.2 Å². The van der Waals surface area contributed by atoms with Gasteiger partial charge in [0.15, 0.2) is 0 Å². The number of halogens is 1. The third-order valence-electron chi connectivity index (χ3n) is 2.77. The van der Waals surface area contributed by atoms with Crippen molar-refractivity contribution in [2.45, 2.75) is 25.4 Å². The Morgan fingerprint density at radius 1 is 1.62 bits per heavy atom. The highest BCUT2D eigenvalue weighted by atomic mass is 79.9. The number of rotatable bonds is 3. The smallest absolute Gasteiger partial charge is 0.265 e. The minimum absolute atomic E-state index is 0.0114. The van der Waals surface area contributed by atoms with Crippen LogP contribution in [0.2, 0.25) is 0 Å². The lowest BCUT2D eigenvalue weighted by Gasteiger charge is -2.16. The molecule has 16 heavy (non-hydrogen) atoms. The highest BCUT2D eigenvalue weighted by molar-refractivity contribution is 9.10. The van der Waals surface area contributed by atoms with E-state index >= 15 is 0 Å². The molecule has 1 heterocycles. The molecule has 2 rings (SSSR count). The average Bonchev–Trinajstić information content (AvgIpc) is 3.07. The molecule has 0 atom stereocenters. The minimum Gasteiger partial charge on any atom is -0.341 e. The minimum atomic E-state index is -0.167. The van der Waals surface area contributed by atoms with Gasteiger partial charge >= 0.3 is 0 Å². The summed E-state index contributed by atoms with van der Waals surface area (Å²) < 4.78 is 1.91. The molecule has 86 valence electrons. The quantitative estimate of drug-likeness (QED) is 0.838. The van der Waals surface area contributed by atoms with Gasteiger partial charge in [-0.05, 0) is 40.9 Å². The SMILES string of the molecule is CN(C(=O)Cn1cccc(Br)c1=O)C1CC1. The number of likely N-dealkylation sites (N-methyl/N-ethyl adjacent to an activating group) is 1. The van der Waals surface area contributed by atoms with E-state index in [9.17, 15) is 9.59 Å². The largest absolute Gasteiger partial charge is 0.341 e. The lowest BCUT2D eigenvalue weighted by Crippen LogP contribution is -2.35. The Hall–Kier alpha value is -1.10. The summed E-state index contributed by atoms with van der Waals surface area (Å²) in [5.74, 6) is -0.0114. The average molecular weight is 285 g/mol. The van der Waals surface area contributed by atoms with Crippen molar-refractivity contribution in [3.63, 3.8) is 0 Å². The fourth-order valence-corrected chi connectivity index (χ4v) is 1.94. The molecule has 0 aliphatic heterocycles. The fourth-order valence-electron chi connectivity index (χ4n) is 1.55. The summed E-state index contributed by atoms with van der Waals surface area (Å²) in [6.45, 7) is 0.116. The molecular weight excluding hydrogens is 272 g/mol. The molecule has 0 aromatic carbocycles. The maximum absolute atomic E-state index is 11.8. The first-order valence-electron chi connectivity index (χ1n) is 5.20. The molecule has 1 aromatic heterocycles. The van der Waals surface area contributed by atoms with Gasteiger partial charge in [-0.15, -0.1) is 0 Å². The molecule has 0 unspecified atom stereocenters. The van der Waals surface area contributed by atoms with Gasteiger partial charge in [-0.2, -0.15) is 0 Å². The Labute approximate surface area is 102 Å². The Balaban J connectivity index is 2.11. The predicted octanol–water partition coefficient (Wildman–Crippen LogP) is 1.23. The Bertz CT molecular complexity index is 465. The second-order valence-electron chi connectivity index (χ2n) is 4.02. The molecular formula is C11H13BrN2O2. The van der Waals surface area contributed by atoms with E-state index in [2.05, 4.69) is 15.9 Å². The maximum Gasteiger partial charge on any atom is 0.265 e. The zero-order valence-corrected chi connectivity index (χ0v) is 10.6. The standard InChI is InChI=1S/C11H13BrN2O2/c1-13(8-4-5-8)10(15)7-14-6-2-3-9(12)11(14)16/h2-3,6,8H,4-5,7H2,1H3. The van der Waals surface area contributed by atoms with Crippen LogP contribution in [0.3, 0.4) is 0 Å². The summed E-state index contributed by atoms with van der Waals surface area (Å²) in [5, 5.41) is 0. The third-order valence-corrected chi connectivity index (χ3v) is 3.37. The van der Waals surface area contributed by atoms with E-state index in [0.717, 1.165) is 12.8 Å². The predicted molar refractivity (Wildman–Crippen MR) is 64.2 cm³/mol. The van der Waals surface area contributed by atoms with Gasteiger partial charge < -0.3 is 9.47 Å². The Morgan fingerprint density at radius 3 is 2.94 bits per heavy atom. The lowest BCUT2D eigenvalue weighted by molar-refractivity contribution is -0.131. The van der Waals surface area contributed by atoms with Crippen molar-refractivity contribution in [3.8, 4) is 0 Å². The molecule has 5 heteroatoms. The number of nitrogens with zero attached hydrogens (tertiary/aromatic N) is 2. The lowest BCUT2D eigenvalue weighted by atomic mass is 10.4. The van der Waals surface area contributed by atoms with Gasteiger partial charge in [0.05, 0.1) is 4.47 Å². The second kappa shape index (κ2) is 4.41. The molecule has 0 bridgehead atoms. The Morgan fingerprint density at radius 2 is 2.31 bits per heavy atom. The highest BCUT2D eigenvalue weighted by Gasteiger charge is 2.29. The van der Waals surface area contributed by atoms with E-state index in [1.165, 1.54) is 4.57 Å². The van der Waals surface area contributed by atoms with E-state index < -0.39 is 0 Å². The van der Waals surface area contributed by atoms with Crippen molar-refractivity contribution in [2.24, 2.45) is 0 Å². The van der Waals surface area contributed by atoms with Gasteiger partial charge in [-0.3, -0.25) is 9.59 Å². The first-order chi connectivity index (χ1) is 7.59. The summed E-state index contributed by atoms with van der Waals surface area (Å²) in [6, 6.07) is 3.81. The van der Waals surface area contributed by atoms with Crippen molar-refractivity contribution in [1.82, 2.24) is 9.47 Å². The maximum atomic E-state index is 11.8. The molecule has 1 aliphatic carbocycles. The van der Waals surface area contributed by atoms with E-state index in [0.29, 0.717) is 10.5 Å². The number of hydrogen-bond acceptors (Lipinski definition) is 2. The van der Waals surface area contributed by atoms with Crippen LogP contribution in [0.4, 0.5) is 0 Å². The summed E-state index contributed by atoms with van der Waals surface area (Å²) >= 11 is 3.16. The molecule has 1 aliphatic rings. The van der Waals surface area contributed by atoms with E-state index in [-0.39, 0.29) is 18.0 Å². The van der Waals surface area contributed by atoms with Crippen molar-refractivity contribution in [1.29, 1.82) is 0 Å². The molecule has 0 spiro atoms. The summed E-state index contributed by atoms with van der Waals surface area (Å²) in [4.78, 5) is 25.2. The van der Waals surface area contributed by atoms with E-state index in [1.54, 1.807) is 30.3 Å². The molecule has 0 saturated heterocycles. The number of amides is 1. The topological polar surface area (TPSA) is 42.3 Å². The molecule has 1 amide bonds. The van der Waals surface area contributed by atoms with Gasteiger partial charge in [0.25, 0.3) is 5.56 Å². The van der Waals surface area contributed by atoms with Crippen LogP contribution >= 0.6 is 15.9 Å². The summed E-state index contributed by atoms with van der Waals surface area (Å²) in [5.41, 5.74) is -0.167. The van der Waals surface area contributed by atoms with Crippen molar-refractivity contribution < 1.29 is 4.79 Å². The van der Waals surface area contributed by atoms with Gasteiger partial charge in [0.2, 0.25) is 5.91 Å². The van der Waals surface area contributed by atoms with Crippen LogP contribution in [0.1, 0.15) is 12.8 Å². The van der Waals surface area contributed by atoms with Gasteiger partial charge in [-0.1, -0.05) is 0 Å². The van der Waals surface area contributed by atoms with Crippen molar-refractivity contribution >= 4 is 21.8 Å². The van der Waals surface area contributed by atoms with Crippen LogP contribution in [0.25, 0.3) is 0 Å². The molecule has 0 radical (unpaired) electrons. The number of carbonyl (C=O) groups excluding carboxylic acids is 1. The molecule has 1 saturated carbocycles. The zero-order chi connectivity index (χ0) is 11.7. The number of carbonyl (C=O) groups is 1. The van der Waals surface area contributed by atoms with Crippen LogP contribution in [-0.2, 0) is 11.3 Å². The number of aromatic nitrogens is 1. The normalized spacial score (nSPS) is 14.9. The van der Waals surface area contributed by atoms with E-state index in [1.807, 2.05) is 0 Å². The zero-order valence-electron chi connectivity index (χ0n) is 9.02. The molecule has 4 nitrogen and oxygen atoms in total. The monoisotopic (exact) mass is 284 g/mol. The number of pyridine rings is 1. The summed E-state index contributed by atoms with van der Waals surface area (Å²) in [6.07, 6.45) is 3.79. The van der Waals surface area contributed by atoms with Gasteiger partial charge in [-0.25, -0.2) is 0 Å². The van der Waals surface area contributed by atoms with Crippen molar-refractivity contribution in [2.75, 3.05) is 7.05 Å².